The minimum Gasteiger partial charge on any atom is -0.324 e. The number of hydrogen-bond acceptors (Lipinski definition) is 4. The lowest BCUT2D eigenvalue weighted by atomic mass is 10.1. The highest BCUT2D eigenvalue weighted by Crippen LogP contribution is 2.29. The van der Waals surface area contributed by atoms with Crippen molar-refractivity contribution in [3.05, 3.63) is 58.7 Å². The van der Waals surface area contributed by atoms with E-state index >= 15 is 0 Å². The Morgan fingerprint density at radius 3 is 2.43 bits per heavy atom. The maximum Gasteiger partial charge on any atom is 0.267 e. The molecule has 0 spiro atoms. The van der Waals surface area contributed by atoms with E-state index in [0.29, 0.717) is 5.69 Å². The molecule has 0 radical (unpaired) electrons. The Balaban J connectivity index is 1.93. The van der Waals surface area contributed by atoms with Crippen LogP contribution >= 0.6 is 0 Å². The van der Waals surface area contributed by atoms with Crippen LogP contribution in [0.15, 0.2) is 41.3 Å². The second-order valence-corrected chi connectivity index (χ2v) is 9.05. The van der Waals surface area contributed by atoms with E-state index in [9.17, 15) is 18.0 Å². The molecule has 1 heterocycles. The van der Waals surface area contributed by atoms with Gasteiger partial charge in [-0.3, -0.25) is 9.59 Å². The van der Waals surface area contributed by atoms with Crippen LogP contribution < -0.4 is 5.32 Å². The van der Waals surface area contributed by atoms with Crippen LogP contribution in [-0.2, 0) is 19.6 Å². The topological polar surface area (TPSA) is 83.6 Å². The Bertz CT molecular complexity index is 1060. The summed E-state index contributed by atoms with van der Waals surface area (Å²) in [6.45, 7) is 7.51. The number of rotatable bonds is 4. The first-order chi connectivity index (χ1) is 13.1. The van der Waals surface area contributed by atoms with Crippen LogP contribution in [0.5, 0.6) is 0 Å². The largest absolute Gasteiger partial charge is 0.324 e. The molecule has 0 saturated carbocycles. The van der Waals surface area contributed by atoms with Crippen LogP contribution in [0.25, 0.3) is 0 Å². The minimum atomic E-state index is -4.11. The third-order valence-electron chi connectivity index (χ3n) is 5.36. The molecule has 7 heteroatoms. The summed E-state index contributed by atoms with van der Waals surface area (Å²) in [5, 5.41) is 2.79. The zero-order chi connectivity index (χ0) is 20.6. The van der Waals surface area contributed by atoms with Gasteiger partial charge in [-0.15, -0.1) is 0 Å². The number of aryl methyl sites for hydroxylation is 3. The summed E-state index contributed by atoms with van der Waals surface area (Å²) >= 11 is 0. The Hall–Kier alpha value is -2.67. The van der Waals surface area contributed by atoms with E-state index in [2.05, 4.69) is 5.32 Å². The van der Waals surface area contributed by atoms with Gasteiger partial charge in [0.1, 0.15) is 6.04 Å². The molecule has 2 aromatic carbocycles. The highest BCUT2D eigenvalue weighted by atomic mass is 32.2. The predicted molar refractivity (Wildman–Crippen MR) is 108 cm³/mol. The molecule has 28 heavy (non-hydrogen) atoms. The molecule has 148 valence electrons. The first-order valence-corrected chi connectivity index (χ1v) is 10.6. The number of hydrogen-bond donors (Lipinski definition) is 1. The molecule has 0 bridgehead atoms. The number of nitrogens with one attached hydrogen (secondary N) is 1. The quantitative estimate of drug-likeness (QED) is 0.854. The van der Waals surface area contributed by atoms with Crippen LogP contribution in [0.3, 0.4) is 0 Å². The lowest BCUT2D eigenvalue weighted by Gasteiger charge is -2.24. The van der Waals surface area contributed by atoms with Gasteiger partial charge in [-0.05, 0) is 74.6 Å². The fourth-order valence-electron chi connectivity index (χ4n) is 3.29. The average Bonchev–Trinajstić information content (AvgIpc) is 3.03. The lowest BCUT2D eigenvalue weighted by Crippen LogP contribution is -2.45. The van der Waals surface area contributed by atoms with Crippen molar-refractivity contribution in [1.29, 1.82) is 0 Å². The fraction of sp³-hybridized carbons (Fsp3) is 0.333. The Morgan fingerprint density at radius 2 is 1.75 bits per heavy atom. The van der Waals surface area contributed by atoms with Crippen LogP contribution in [0.1, 0.15) is 35.1 Å². The molecule has 0 unspecified atom stereocenters. The molecule has 6 nitrogen and oxygen atoms in total. The highest BCUT2D eigenvalue weighted by Gasteiger charge is 2.44. The Morgan fingerprint density at radius 1 is 1.04 bits per heavy atom. The number of anilines is 1. The molecular formula is C21H24N2O4S. The predicted octanol–water partition coefficient (Wildman–Crippen LogP) is 3.24. The number of benzene rings is 2. The third-order valence-corrected chi connectivity index (χ3v) is 7.19. The van der Waals surface area contributed by atoms with Crippen LogP contribution in [0, 0.1) is 27.7 Å². The minimum absolute atomic E-state index is 0.0228. The third kappa shape index (κ3) is 3.54. The van der Waals surface area contributed by atoms with Crippen molar-refractivity contribution in [3.63, 3.8) is 0 Å². The molecule has 1 aliphatic rings. The van der Waals surface area contributed by atoms with E-state index < -0.39 is 27.9 Å². The van der Waals surface area contributed by atoms with Gasteiger partial charge in [-0.2, -0.15) is 0 Å². The van der Waals surface area contributed by atoms with Crippen molar-refractivity contribution in [1.82, 2.24) is 4.31 Å². The maximum absolute atomic E-state index is 13.1. The van der Waals surface area contributed by atoms with Gasteiger partial charge in [0.25, 0.3) is 10.0 Å². The van der Waals surface area contributed by atoms with E-state index in [1.807, 2.05) is 39.8 Å². The fourth-order valence-corrected chi connectivity index (χ4v) is 4.98. The standard InChI is InChI=1S/C21H24N2O4S/c1-13-8-9-17(12-15(13)3)28(26,27)23-19(10-11-20(23)24)21(25)22-18-7-5-6-14(2)16(18)4/h5-9,12,19H,10-11H2,1-4H3,(H,22,25)/t19-/m0/s1. The molecule has 2 aromatic rings. The monoisotopic (exact) mass is 400 g/mol. The van der Waals surface area contributed by atoms with Crippen molar-refractivity contribution in [2.24, 2.45) is 0 Å². The molecule has 0 aliphatic carbocycles. The van der Waals surface area contributed by atoms with Gasteiger partial charge in [0.05, 0.1) is 4.90 Å². The van der Waals surface area contributed by atoms with Gasteiger partial charge in [-0.1, -0.05) is 18.2 Å². The molecule has 1 saturated heterocycles. The molecule has 1 fully saturated rings. The van der Waals surface area contributed by atoms with Gasteiger partial charge in [0, 0.05) is 12.1 Å². The summed E-state index contributed by atoms with van der Waals surface area (Å²) in [6.07, 6.45) is 0.189. The first-order valence-electron chi connectivity index (χ1n) is 9.14. The van der Waals surface area contributed by atoms with Crippen molar-refractivity contribution in [3.8, 4) is 0 Å². The molecule has 0 aromatic heterocycles. The van der Waals surface area contributed by atoms with Gasteiger partial charge < -0.3 is 5.32 Å². The summed E-state index contributed by atoms with van der Waals surface area (Å²) in [5.41, 5.74) is 4.30. The zero-order valence-corrected chi connectivity index (χ0v) is 17.3. The average molecular weight is 401 g/mol. The number of sulfonamides is 1. The van der Waals surface area contributed by atoms with Crippen LogP contribution in [-0.4, -0.2) is 30.6 Å². The van der Waals surface area contributed by atoms with Crippen LogP contribution in [0.4, 0.5) is 5.69 Å². The molecule has 1 aliphatic heterocycles. The molecule has 3 rings (SSSR count). The van der Waals surface area contributed by atoms with Crippen molar-refractivity contribution < 1.29 is 18.0 Å². The van der Waals surface area contributed by atoms with Gasteiger partial charge in [0.2, 0.25) is 11.8 Å². The maximum atomic E-state index is 13.1. The SMILES string of the molecule is Cc1ccc(S(=O)(=O)N2C(=O)CC[C@H]2C(=O)Nc2cccc(C)c2C)cc1C. The number of carbonyl (C=O) groups excluding carboxylic acids is 2. The number of carbonyl (C=O) groups is 2. The van der Waals surface area contributed by atoms with E-state index in [1.165, 1.54) is 12.1 Å². The van der Waals surface area contributed by atoms with Gasteiger partial charge >= 0.3 is 0 Å². The van der Waals surface area contributed by atoms with Crippen LogP contribution in [0.2, 0.25) is 0 Å². The smallest absolute Gasteiger partial charge is 0.267 e. The lowest BCUT2D eigenvalue weighted by molar-refractivity contribution is -0.128. The summed E-state index contributed by atoms with van der Waals surface area (Å²) < 4.78 is 27.0. The van der Waals surface area contributed by atoms with E-state index in [4.69, 9.17) is 0 Å². The summed E-state index contributed by atoms with van der Waals surface area (Å²) in [6, 6.07) is 9.17. The Kier molecular flexibility index (Phi) is 5.30. The molecule has 1 atom stereocenters. The van der Waals surface area contributed by atoms with Crippen molar-refractivity contribution >= 4 is 27.5 Å². The number of amides is 2. The summed E-state index contributed by atoms with van der Waals surface area (Å²) in [5.74, 6) is -1.05. The van der Waals surface area contributed by atoms with E-state index in [-0.39, 0.29) is 17.7 Å². The number of nitrogens with zero attached hydrogens (tertiary/aromatic N) is 1. The Labute approximate surface area is 165 Å². The first kappa shape index (κ1) is 20.1. The summed E-state index contributed by atoms with van der Waals surface area (Å²) in [4.78, 5) is 25.3. The second-order valence-electron chi connectivity index (χ2n) is 7.23. The van der Waals surface area contributed by atoms with Crippen molar-refractivity contribution in [2.75, 3.05) is 5.32 Å². The molecule has 1 N–H and O–H groups in total. The normalized spacial score (nSPS) is 17.1. The van der Waals surface area contributed by atoms with Gasteiger partial charge in [-0.25, -0.2) is 12.7 Å². The highest BCUT2D eigenvalue weighted by molar-refractivity contribution is 7.89. The molecular weight excluding hydrogens is 376 g/mol. The van der Waals surface area contributed by atoms with Gasteiger partial charge in [0.15, 0.2) is 0 Å². The summed E-state index contributed by atoms with van der Waals surface area (Å²) in [7, 11) is -4.11. The van der Waals surface area contributed by atoms with E-state index in [1.54, 1.807) is 12.1 Å². The second kappa shape index (κ2) is 7.39. The van der Waals surface area contributed by atoms with Crippen molar-refractivity contribution in [2.45, 2.75) is 51.5 Å². The zero-order valence-electron chi connectivity index (χ0n) is 16.4. The molecule has 2 amide bonds. The van der Waals surface area contributed by atoms with E-state index in [0.717, 1.165) is 26.6 Å².